The van der Waals surface area contributed by atoms with Gasteiger partial charge in [-0.05, 0) is 41.8 Å². The van der Waals surface area contributed by atoms with Gasteiger partial charge in [0.05, 0.1) is 0 Å². The first kappa shape index (κ1) is 13.0. The fourth-order valence-electron chi connectivity index (χ4n) is 1.89. The van der Waals surface area contributed by atoms with Gasteiger partial charge in [-0.2, -0.15) is 0 Å². The number of halogens is 2. The second-order valence-electron chi connectivity index (χ2n) is 4.00. The van der Waals surface area contributed by atoms with Crippen LogP contribution in [0.1, 0.15) is 29.7 Å². The zero-order chi connectivity index (χ0) is 13.1. The Morgan fingerprint density at radius 1 is 1.33 bits per heavy atom. The van der Waals surface area contributed by atoms with E-state index in [-0.39, 0.29) is 0 Å². The van der Waals surface area contributed by atoms with Crippen molar-refractivity contribution < 1.29 is 9.50 Å². The first-order chi connectivity index (χ1) is 8.63. The molecule has 0 radical (unpaired) electrons. The third-order valence-corrected chi connectivity index (χ3v) is 3.21. The molecule has 1 aromatic carbocycles. The van der Waals surface area contributed by atoms with E-state index in [1.54, 1.807) is 18.5 Å². The first-order valence-corrected chi connectivity index (χ1v) is 6.07. The van der Waals surface area contributed by atoms with Gasteiger partial charge in [0.1, 0.15) is 11.9 Å². The van der Waals surface area contributed by atoms with Crippen LogP contribution in [0, 0.1) is 5.82 Å². The summed E-state index contributed by atoms with van der Waals surface area (Å²) in [4.78, 5) is 4.01. The quantitative estimate of drug-likeness (QED) is 0.921. The molecule has 0 spiro atoms. The topological polar surface area (TPSA) is 33.1 Å². The van der Waals surface area contributed by atoms with Gasteiger partial charge in [-0.3, -0.25) is 4.98 Å². The molecule has 1 heterocycles. The van der Waals surface area contributed by atoms with E-state index < -0.39 is 11.9 Å². The highest BCUT2D eigenvalue weighted by Gasteiger charge is 2.17. The number of aromatic nitrogens is 1. The summed E-state index contributed by atoms with van der Waals surface area (Å²) in [6.45, 7) is 1.97. The number of aryl methyl sites for hydroxylation is 1. The van der Waals surface area contributed by atoms with Crippen molar-refractivity contribution in [2.24, 2.45) is 0 Å². The van der Waals surface area contributed by atoms with Crippen molar-refractivity contribution in [2.45, 2.75) is 19.4 Å². The maximum atomic E-state index is 13.2. The lowest BCUT2D eigenvalue weighted by Crippen LogP contribution is -2.05. The zero-order valence-electron chi connectivity index (χ0n) is 9.90. The first-order valence-electron chi connectivity index (χ1n) is 5.69. The summed E-state index contributed by atoms with van der Waals surface area (Å²) in [6.07, 6.45) is 3.11. The summed E-state index contributed by atoms with van der Waals surface area (Å²) in [6, 6.07) is 5.70. The Hall–Kier alpha value is -1.45. The zero-order valence-corrected chi connectivity index (χ0v) is 10.7. The molecule has 4 heteroatoms. The average Bonchev–Trinajstić information content (AvgIpc) is 2.40. The molecule has 0 saturated carbocycles. The molecule has 2 nitrogen and oxygen atoms in total. The SMILES string of the molecule is CCc1cnccc1C(O)c1cc(F)ccc1Cl. The number of pyridine rings is 1. The van der Waals surface area contributed by atoms with E-state index in [1.165, 1.54) is 18.2 Å². The lowest BCUT2D eigenvalue weighted by molar-refractivity contribution is 0.218. The monoisotopic (exact) mass is 265 g/mol. The van der Waals surface area contributed by atoms with Crippen LogP contribution in [0.15, 0.2) is 36.7 Å². The van der Waals surface area contributed by atoms with E-state index in [0.29, 0.717) is 16.1 Å². The molecule has 1 N–H and O–H groups in total. The lowest BCUT2D eigenvalue weighted by atomic mass is 9.97. The largest absolute Gasteiger partial charge is 0.384 e. The molecule has 0 fully saturated rings. The number of hydrogen-bond acceptors (Lipinski definition) is 2. The van der Waals surface area contributed by atoms with Crippen LogP contribution in [0.2, 0.25) is 5.02 Å². The van der Waals surface area contributed by atoms with E-state index in [9.17, 15) is 9.50 Å². The molecule has 1 aromatic heterocycles. The minimum absolute atomic E-state index is 0.350. The van der Waals surface area contributed by atoms with Crippen molar-refractivity contribution in [2.75, 3.05) is 0 Å². The number of nitrogens with zero attached hydrogens (tertiary/aromatic N) is 1. The Bertz CT molecular complexity index is 559. The smallest absolute Gasteiger partial charge is 0.123 e. The number of aliphatic hydroxyl groups is 1. The molecule has 0 aliphatic heterocycles. The molecule has 0 bridgehead atoms. The van der Waals surface area contributed by atoms with E-state index >= 15 is 0 Å². The van der Waals surface area contributed by atoms with Crippen LogP contribution >= 0.6 is 11.6 Å². The molecular formula is C14H13ClFNO. The van der Waals surface area contributed by atoms with E-state index in [2.05, 4.69) is 4.98 Å². The van der Waals surface area contributed by atoms with Gasteiger partial charge in [0.25, 0.3) is 0 Å². The molecular weight excluding hydrogens is 253 g/mol. The van der Waals surface area contributed by atoms with E-state index in [1.807, 2.05) is 6.92 Å². The average molecular weight is 266 g/mol. The molecule has 2 rings (SSSR count). The molecule has 2 aromatic rings. The Morgan fingerprint density at radius 3 is 2.83 bits per heavy atom. The summed E-state index contributed by atoms with van der Waals surface area (Å²) in [5.41, 5.74) is 2.00. The molecule has 0 aliphatic carbocycles. The van der Waals surface area contributed by atoms with Crippen molar-refractivity contribution in [1.82, 2.24) is 4.98 Å². The van der Waals surface area contributed by atoms with Gasteiger partial charge >= 0.3 is 0 Å². The number of rotatable bonds is 3. The van der Waals surface area contributed by atoms with Crippen LogP contribution in [-0.2, 0) is 6.42 Å². The predicted molar refractivity (Wildman–Crippen MR) is 69.1 cm³/mol. The molecule has 18 heavy (non-hydrogen) atoms. The van der Waals surface area contributed by atoms with Gasteiger partial charge < -0.3 is 5.11 Å². The molecule has 94 valence electrons. The Labute approximate surface area is 110 Å². The third kappa shape index (κ3) is 2.52. The van der Waals surface area contributed by atoms with Gasteiger partial charge in [-0.1, -0.05) is 18.5 Å². The van der Waals surface area contributed by atoms with Crippen molar-refractivity contribution in [3.63, 3.8) is 0 Å². The van der Waals surface area contributed by atoms with Crippen LogP contribution < -0.4 is 0 Å². The van der Waals surface area contributed by atoms with Crippen LogP contribution in [0.25, 0.3) is 0 Å². The highest BCUT2D eigenvalue weighted by molar-refractivity contribution is 6.31. The van der Waals surface area contributed by atoms with Crippen LogP contribution in [0.5, 0.6) is 0 Å². The number of aliphatic hydroxyl groups excluding tert-OH is 1. The Morgan fingerprint density at radius 2 is 2.11 bits per heavy atom. The Balaban J connectivity index is 2.47. The van der Waals surface area contributed by atoms with Gasteiger partial charge in [0.15, 0.2) is 0 Å². The van der Waals surface area contributed by atoms with Crippen molar-refractivity contribution in [3.05, 3.63) is 64.2 Å². The standard InChI is InChI=1S/C14H13ClFNO/c1-2-9-8-17-6-5-11(9)14(18)12-7-10(16)3-4-13(12)15/h3-8,14,18H,2H2,1H3. The summed E-state index contributed by atoms with van der Waals surface area (Å²) < 4.78 is 13.2. The van der Waals surface area contributed by atoms with Crippen LogP contribution in [0.4, 0.5) is 4.39 Å². The molecule has 1 atom stereocenters. The fourth-order valence-corrected chi connectivity index (χ4v) is 2.11. The van der Waals surface area contributed by atoms with Crippen LogP contribution in [0.3, 0.4) is 0 Å². The maximum Gasteiger partial charge on any atom is 0.123 e. The van der Waals surface area contributed by atoms with Crippen molar-refractivity contribution >= 4 is 11.6 Å². The summed E-state index contributed by atoms with van der Waals surface area (Å²) in [5, 5.41) is 10.7. The third-order valence-electron chi connectivity index (χ3n) is 2.87. The van der Waals surface area contributed by atoms with Crippen LogP contribution in [-0.4, -0.2) is 10.1 Å². The van der Waals surface area contributed by atoms with Gasteiger partial charge in [0, 0.05) is 23.0 Å². The fraction of sp³-hybridized carbons (Fsp3) is 0.214. The second kappa shape index (κ2) is 5.46. The van der Waals surface area contributed by atoms with E-state index in [4.69, 9.17) is 11.6 Å². The highest BCUT2D eigenvalue weighted by Crippen LogP contribution is 2.30. The molecule has 0 amide bonds. The lowest BCUT2D eigenvalue weighted by Gasteiger charge is -2.16. The van der Waals surface area contributed by atoms with Gasteiger partial charge in [-0.15, -0.1) is 0 Å². The van der Waals surface area contributed by atoms with Crippen molar-refractivity contribution in [1.29, 1.82) is 0 Å². The normalized spacial score (nSPS) is 12.4. The minimum atomic E-state index is -0.939. The number of hydrogen-bond donors (Lipinski definition) is 1. The van der Waals surface area contributed by atoms with Crippen molar-refractivity contribution in [3.8, 4) is 0 Å². The Kier molecular flexibility index (Phi) is 3.94. The summed E-state index contributed by atoms with van der Waals surface area (Å²) in [5.74, 6) is -0.416. The molecule has 0 aliphatic rings. The molecule has 0 saturated heterocycles. The summed E-state index contributed by atoms with van der Waals surface area (Å²) in [7, 11) is 0. The maximum absolute atomic E-state index is 13.2. The summed E-state index contributed by atoms with van der Waals surface area (Å²) >= 11 is 5.99. The van der Waals surface area contributed by atoms with E-state index in [0.717, 1.165) is 12.0 Å². The van der Waals surface area contributed by atoms with Gasteiger partial charge in [0.2, 0.25) is 0 Å². The number of benzene rings is 1. The minimum Gasteiger partial charge on any atom is -0.384 e. The van der Waals surface area contributed by atoms with Gasteiger partial charge in [-0.25, -0.2) is 4.39 Å². The highest BCUT2D eigenvalue weighted by atomic mass is 35.5. The second-order valence-corrected chi connectivity index (χ2v) is 4.40. The predicted octanol–water partition coefficient (Wildman–Crippen LogP) is 3.52. The molecule has 1 unspecified atom stereocenters.